The molecule has 0 fully saturated rings. The maximum Gasteiger partial charge on any atom is 0.254 e. The van der Waals surface area contributed by atoms with Crippen molar-refractivity contribution < 1.29 is 9.18 Å². The van der Waals surface area contributed by atoms with Crippen molar-refractivity contribution in [2.75, 3.05) is 6.54 Å². The van der Waals surface area contributed by atoms with Crippen LogP contribution in [0.4, 0.5) is 4.39 Å². The number of aromatic nitrogens is 2. The number of nitrogens with one attached hydrogen (secondary N) is 1. The van der Waals surface area contributed by atoms with Crippen LogP contribution in [0.1, 0.15) is 16.1 Å². The minimum Gasteiger partial charge on any atom is -0.352 e. The van der Waals surface area contributed by atoms with E-state index in [0.29, 0.717) is 13.0 Å². The van der Waals surface area contributed by atoms with Crippen LogP contribution in [0.5, 0.6) is 0 Å². The largest absolute Gasteiger partial charge is 0.352 e. The predicted octanol–water partition coefficient (Wildman–Crippen LogP) is 2.19. The third-order valence-corrected chi connectivity index (χ3v) is 3.07. The molecule has 1 heterocycles. The van der Waals surface area contributed by atoms with Crippen molar-refractivity contribution in [2.24, 2.45) is 7.05 Å². The molecule has 2 rings (SSSR count). The number of carbonyl (C=O) groups is 1. The fourth-order valence-corrected chi connectivity index (χ4v) is 1.88. The molecule has 0 radical (unpaired) electrons. The van der Waals surface area contributed by atoms with E-state index in [9.17, 15) is 9.18 Å². The number of benzene rings is 1. The van der Waals surface area contributed by atoms with Gasteiger partial charge in [0, 0.05) is 31.9 Å². The highest BCUT2D eigenvalue weighted by Crippen LogP contribution is 2.17. The lowest BCUT2D eigenvalue weighted by molar-refractivity contribution is 0.0950. The summed E-state index contributed by atoms with van der Waals surface area (Å²) in [6.45, 7) is 0.407. The van der Waals surface area contributed by atoms with E-state index in [0.717, 1.165) is 5.69 Å². The minimum atomic E-state index is -0.692. The molecule has 1 N–H and O–H groups in total. The van der Waals surface area contributed by atoms with Crippen LogP contribution in [-0.4, -0.2) is 22.0 Å². The molecular formula is C13H13ClFN3O. The van der Waals surface area contributed by atoms with Gasteiger partial charge in [0.25, 0.3) is 5.91 Å². The molecule has 0 aliphatic carbocycles. The van der Waals surface area contributed by atoms with Crippen molar-refractivity contribution in [1.82, 2.24) is 14.9 Å². The van der Waals surface area contributed by atoms with Crippen LogP contribution in [0.2, 0.25) is 5.02 Å². The molecule has 0 saturated heterocycles. The number of rotatable bonds is 4. The highest BCUT2D eigenvalue weighted by molar-refractivity contribution is 6.31. The molecule has 0 spiro atoms. The third kappa shape index (κ3) is 3.12. The molecule has 1 aromatic heterocycles. The number of carbonyl (C=O) groups excluding carboxylic acids is 1. The van der Waals surface area contributed by atoms with Gasteiger partial charge in [-0.2, -0.15) is 0 Å². The molecule has 2 aromatic rings. The number of imidazole rings is 1. The van der Waals surface area contributed by atoms with Crippen molar-refractivity contribution in [3.05, 3.63) is 52.8 Å². The Morgan fingerprint density at radius 3 is 3.00 bits per heavy atom. The monoisotopic (exact) mass is 281 g/mol. The Bertz CT molecular complexity index is 597. The zero-order valence-corrected chi connectivity index (χ0v) is 11.1. The van der Waals surface area contributed by atoms with Gasteiger partial charge in [0.15, 0.2) is 5.82 Å². The second kappa shape index (κ2) is 5.84. The van der Waals surface area contributed by atoms with E-state index >= 15 is 0 Å². The standard InChI is InChI=1S/C13H13ClFN3O/c1-18-8-16-7-9(18)5-6-17-13(19)10-3-2-4-11(14)12(10)15/h2-4,7-8H,5-6H2,1H3,(H,17,19). The van der Waals surface area contributed by atoms with E-state index in [4.69, 9.17) is 11.6 Å². The number of hydrogen-bond donors (Lipinski definition) is 1. The lowest BCUT2D eigenvalue weighted by atomic mass is 10.2. The Kier molecular flexibility index (Phi) is 4.16. The molecule has 0 unspecified atom stereocenters. The third-order valence-electron chi connectivity index (χ3n) is 2.78. The van der Waals surface area contributed by atoms with Gasteiger partial charge in [-0.3, -0.25) is 4.79 Å². The van der Waals surface area contributed by atoms with Gasteiger partial charge in [0.05, 0.1) is 16.9 Å². The first kappa shape index (κ1) is 13.5. The van der Waals surface area contributed by atoms with Crippen LogP contribution in [0.25, 0.3) is 0 Å². The Morgan fingerprint density at radius 2 is 2.32 bits per heavy atom. The average molecular weight is 282 g/mol. The van der Waals surface area contributed by atoms with Gasteiger partial charge in [0.1, 0.15) is 0 Å². The SMILES string of the molecule is Cn1cncc1CCNC(=O)c1cccc(Cl)c1F. The summed E-state index contributed by atoms with van der Waals surface area (Å²) < 4.78 is 15.5. The summed E-state index contributed by atoms with van der Waals surface area (Å²) in [5, 5.41) is 2.60. The van der Waals surface area contributed by atoms with Gasteiger partial charge in [-0.05, 0) is 12.1 Å². The Balaban J connectivity index is 1.95. The van der Waals surface area contributed by atoms with Crippen molar-refractivity contribution in [1.29, 1.82) is 0 Å². The molecule has 0 atom stereocenters. The normalized spacial score (nSPS) is 10.5. The zero-order chi connectivity index (χ0) is 13.8. The molecule has 6 heteroatoms. The fourth-order valence-electron chi connectivity index (χ4n) is 1.70. The molecule has 0 saturated carbocycles. The van der Waals surface area contributed by atoms with E-state index in [2.05, 4.69) is 10.3 Å². The zero-order valence-electron chi connectivity index (χ0n) is 10.4. The first-order chi connectivity index (χ1) is 9.09. The summed E-state index contributed by atoms with van der Waals surface area (Å²) in [7, 11) is 1.88. The van der Waals surface area contributed by atoms with Crippen molar-refractivity contribution in [2.45, 2.75) is 6.42 Å². The van der Waals surface area contributed by atoms with Crippen LogP contribution in [0.15, 0.2) is 30.7 Å². The van der Waals surface area contributed by atoms with Gasteiger partial charge < -0.3 is 9.88 Å². The number of hydrogen-bond acceptors (Lipinski definition) is 2. The van der Waals surface area contributed by atoms with Crippen LogP contribution >= 0.6 is 11.6 Å². The quantitative estimate of drug-likeness (QED) is 0.934. The second-order valence-electron chi connectivity index (χ2n) is 4.10. The summed E-state index contributed by atoms with van der Waals surface area (Å²) >= 11 is 5.63. The maximum absolute atomic E-state index is 13.6. The van der Waals surface area contributed by atoms with Crippen molar-refractivity contribution >= 4 is 17.5 Å². The van der Waals surface area contributed by atoms with E-state index in [1.807, 2.05) is 11.6 Å². The van der Waals surface area contributed by atoms with Crippen molar-refractivity contribution in [3.8, 4) is 0 Å². The van der Waals surface area contributed by atoms with E-state index < -0.39 is 11.7 Å². The average Bonchev–Trinajstić information content (AvgIpc) is 2.78. The molecule has 0 aliphatic rings. The van der Waals surface area contributed by atoms with Crippen molar-refractivity contribution in [3.63, 3.8) is 0 Å². The molecule has 1 aromatic carbocycles. The number of aryl methyl sites for hydroxylation is 1. The highest BCUT2D eigenvalue weighted by atomic mass is 35.5. The van der Waals surface area contributed by atoms with Gasteiger partial charge >= 0.3 is 0 Å². The summed E-state index contributed by atoms with van der Waals surface area (Å²) in [4.78, 5) is 15.8. The molecule has 19 heavy (non-hydrogen) atoms. The van der Waals surface area contributed by atoms with Crippen LogP contribution < -0.4 is 5.32 Å². The minimum absolute atomic E-state index is 0.0440. The molecule has 0 bridgehead atoms. The number of amides is 1. The van der Waals surface area contributed by atoms with E-state index in [1.165, 1.54) is 12.1 Å². The molecule has 0 aliphatic heterocycles. The van der Waals surface area contributed by atoms with Crippen LogP contribution in [0.3, 0.4) is 0 Å². The molecule has 4 nitrogen and oxygen atoms in total. The first-order valence-electron chi connectivity index (χ1n) is 5.77. The summed E-state index contributed by atoms with van der Waals surface area (Å²) in [5.74, 6) is -1.16. The Morgan fingerprint density at radius 1 is 1.53 bits per heavy atom. The number of nitrogens with zero attached hydrogens (tertiary/aromatic N) is 2. The van der Waals surface area contributed by atoms with Crippen LogP contribution in [-0.2, 0) is 13.5 Å². The molecule has 100 valence electrons. The predicted molar refractivity (Wildman–Crippen MR) is 70.7 cm³/mol. The Hall–Kier alpha value is -1.88. The summed E-state index contributed by atoms with van der Waals surface area (Å²) in [6, 6.07) is 4.35. The smallest absolute Gasteiger partial charge is 0.254 e. The lowest BCUT2D eigenvalue weighted by Crippen LogP contribution is -2.27. The van der Waals surface area contributed by atoms with Crippen LogP contribution in [0, 0.1) is 5.82 Å². The second-order valence-corrected chi connectivity index (χ2v) is 4.51. The summed E-state index contributed by atoms with van der Waals surface area (Å²) in [5.41, 5.74) is 0.948. The van der Waals surface area contributed by atoms with Gasteiger partial charge in [-0.1, -0.05) is 17.7 Å². The lowest BCUT2D eigenvalue weighted by Gasteiger charge is -2.07. The molecular weight excluding hydrogens is 269 g/mol. The van der Waals surface area contributed by atoms with Gasteiger partial charge in [-0.25, -0.2) is 9.37 Å². The number of halogens is 2. The van der Waals surface area contributed by atoms with Gasteiger partial charge in [-0.15, -0.1) is 0 Å². The van der Waals surface area contributed by atoms with Gasteiger partial charge in [0.2, 0.25) is 0 Å². The summed E-state index contributed by atoms with van der Waals surface area (Å²) in [6.07, 6.45) is 4.05. The topological polar surface area (TPSA) is 46.9 Å². The van der Waals surface area contributed by atoms with E-state index in [-0.39, 0.29) is 10.6 Å². The Labute approximate surface area is 115 Å². The molecule has 1 amide bonds. The fraction of sp³-hybridized carbons (Fsp3) is 0.231. The highest BCUT2D eigenvalue weighted by Gasteiger charge is 2.13. The van der Waals surface area contributed by atoms with E-state index in [1.54, 1.807) is 18.6 Å². The first-order valence-corrected chi connectivity index (χ1v) is 6.15. The maximum atomic E-state index is 13.6.